The molecule has 10 atom stereocenters. The largest absolute Gasteiger partial charge is 0.507 e. The number of hydrogen-bond acceptors (Lipinski definition) is 14. The third-order valence-corrected chi connectivity index (χ3v) is 11.7. The van der Waals surface area contributed by atoms with Crippen LogP contribution in [-0.2, 0) is 23.7 Å². The first-order valence-corrected chi connectivity index (χ1v) is 18.0. The summed E-state index contributed by atoms with van der Waals surface area (Å²) in [6.07, 6.45) is -7.68. The van der Waals surface area contributed by atoms with Crippen molar-refractivity contribution < 1.29 is 68.3 Å². The van der Waals surface area contributed by atoms with Gasteiger partial charge in [0, 0.05) is 11.1 Å². The number of benzene rings is 3. The van der Waals surface area contributed by atoms with E-state index < -0.39 is 72.2 Å². The van der Waals surface area contributed by atoms with E-state index in [9.17, 15) is 35.1 Å². The van der Waals surface area contributed by atoms with Crippen LogP contribution < -0.4 is 19.5 Å². The standard InChI is InChI=1S/C39H40ClNO14/c1-15-6-7-16(2)27(43)25(15)34(46)41-23-14-51-37(32(45)38(23,3)48)55-39-21(10-11-24(39)42)19-12-17-8-9-18(19)33(39)52-31-26(40)20(13-22(49-4)30(31)50-5)28(44)35(47)54-36-29(17)53-36/h6-10,12-13,23-24,28-29,32-33,36-37,42-45,48H,11,14H2,1-5H3,(H,41,46)/t23-,24+,28-,29-,32+,33-,36+,37+,38-,39+/m0/s1. The highest BCUT2D eigenvalue weighted by molar-refractivity contribution is 6.33. The Hall–Kier alpha value is -4.45. The fourth-order valence-electron chi connectivity index (χ4n) is 8.01. The number of aliphatic hydroxyl groups excluding tert-OH is 3. The number of amides is 1. The van der Waals surface area contributed by atoms with Crippen LogP contribution in [0.2, 0.25) is 5.02 Å². The number of phenolic OH excluding ortho intramolecular Hbond substituents is 1. The van der Waals surface area contributed by atoms with Crippen LogP contribution in [-0.4, -0.2) is 100 Å². The van der Waals surface area contributed by atoms with Crippen LogP contribution in [0.4, 0.5) is 0 Å². The predicted octanol–water partition coefficient (Wildman–Crippen LogP) is 2.97. The Morgan fingerprint density at radius 3 is 2.49 bits per heavy atom. The van der Waals surface area contributed by atoms with Gasteiger partial charge in [0.1, 0.15) is 23.6 Å². The number of halogens is 1. The molecular weight excluding hydrogens is 742 g/mol. The maximum Gasteiger partial charge on any atom is 0.342 e. The molecule has 2 saturated heterocycles. The highest BCUT2D eigenvalue weighted by Crippen LogP contribution is 2.61. The van der Waals surface area contributed by atoms with E-state index in [1.54, 1.807) is 50.3 Å². The lowest BCUT2D eigenvalue weighted by molar-refractivity contribution is -0.316. The number of rotatable bonds is 6. The van der Waals surface area contributed by atoms with Crippen molar-refractivity contribution >= 4 is 29.1 Å². The number of aryl methyl sites for hydroxylation is 2. The average molecular weight is 782 g/mol. The van der Waals surface area contributed by atoms with Gasteiger partial charge >= 0.3 is 5.97 Å². The summed E-state index contributed by atoms with van der Waals surface area (Å²) in [5.74, 6) is -2.04. The van der Waals surface area contributed by atoms with Gasteiger partial charge in [-0.15, -0.1) is 0 Å². The van der Waals surface area contributed by atoms with E-state index in [0.29, 0.717) is 33.4 Å². The molecule has 16 heteroatoms. The Labute approximate surface area is 319 Å². The second-order valence-electron chi connectivity index (χ2n) is 14.6. The number of phenols is 1. The van der Waals surface area contributed by atoms with Gasteiger partial charge in [-0.2, -0.15) is 0 Å². The smallest absolute Gasteiger partial charge is 0.342 e. The van der Waals surface area contributed by atoms with Crippen molar-refractivity contribution in [3.05, 3.63) is 86.4 Å². The van der Waals surface area contributed by atoms with Crippen molar-refractivity contribution in [1.82, 2.24) is 5.32 Å². The molecule has 2 fully saturated rings. The van der Waals surface area contributed by atoms with E-state index >= 15 is 0 Å². The van der Waals surface area contributed by atoms with E-state index in [4.69, 9.17) is 44.8 Å². The summed E-state index contributed by atoms with van der Waals surface area (Å²) < 4.78 is 41.8. The first kappa shape index (κ1) is 37.5. The summed E-state index contributed by atoms with van der Waals surface area (Å²) in [6, 6.07) is 8.79. The number of epoxide rings is 1. The highest BCUT2D eigenvalue weighted by atomic mass is 35.5. The van der Waals surface area contributed by atoms with E-state index in [0.717, 1.165) is 0 Å². The van der Waals surface area contributed by atoms with Gasteiger partial charge in [0.25, 0.3) is 5.91 Å². The van der Waals surface area contributed by atoms with Crippen LogP contribution in [0.25, 0.3) is 5.57 Å². The fourth-order valence-corrected chi connectivity index (χ4v) is 8.30. The minimum absolute atomic E-state index is 0.00177. The average Bonchev–Trinajstić information content (AvgIpc) is 3.78. The van der Waals surface area contributed by atoms with Crippen molar-refractivity contribution in [2.24, 2.45) is 0 Å². The number of aromatic hydroxyl groups is 1. The molecule has 292 valence electrons. The molecule has 0 radical (unpaired) electrons. The molecule has 6 N–H and O–H groups in total. The van der Waals surface area contributed by atoms with Crippen LogP contribution in [0.1, 0.15) is 75.4 Å². The zero-order valence-corrected chi connectivity index (χ0v) is 31.1. The number of carbonyl (C=O) groups is 2. The van der Waals surface area contributed by atoms with E-state index in [1.807, 2.05) is 0 Å². The second kappa shape index (κ2) is 13.3. The van der Waals surface area contributed by atoms with Crippen LogP contribution in [0.15, 0.2) is 42.5 Å². The Morgan fingerprint density at radius 2 is 1.76 bits per heavy atom. The molecule has 1 amide bonds. The molecule has 2 aliphatic carbocycles. The molecule has 0 aromatic heterocycles. The zero-order valence-electron chi connectivity index (χ0n) is 30.4. The molecule has 9 rings (SSSR count). The normalized spacial score (nSPS) is 33.1. The first-order valence-electron chi connectivity index (χ1n) is 17.6. The SMILES string of the molecule is COc1cc2c(Cl)c(c1OC)O[C@H]1c3ccc(cc3C3=CC[C@@H](O)[C@]31O[C@H]1OC[C@H](NC(=O)c3c(C)ccc(C)c3O)[C@](C)(O)[C@@H]1O)[C@@H]1O[C@@H]1OC(=O)[C@H]2O. The predicted molar refractivity (Wildman–Crippen MR) is 191 cm³/mol. The number of methoxy groups -OCH3 is 2. The summed E-state index contributed by atoms with van der Waals surface area (Å²) in [5, 5.41) is 59.8. The molecule has 0 saturated carbocycles. The molecule has 6 bridgehead atoms. The first-order chi connectivity index (χ1) is 26.1. The number of carbonyl (C=O) groups excluding carboxylic acids is 2. The van der Waals surface area contributed by atoms with Crippen LogP contribution in [0.3, 0.4) is 0 Å². The lowest BCUT2D eigenvalue weighted by Crippen LogP contribution is -2.68. The third-order valence-electron chi connectivity index (χ3n) is 11.3. The minimum Gasteiger partial charge on any atom is -0.507 e. The molecular formula is C39H40ClNO14. The lowest BCUT2D eigenvalue weighted by Gasteiger charge is -2.48. The molecule has 55 heavy (non-hydrogen) atoms. The van der Waals surface area contributed by atoms with Crippen LogP contribution in [0, 0.1) is 13.8 Å². The van der Waals surface area contributed by atoms with Gasteiger partial charge in [-0.05, 0) is 67.2 Å². The Bertz CT molecular complexity index is 2140. The Balaban J connectivity index is 1.19. The molecule has 4 aliphatic heterocycles. The maximum absolute atomic E-state index is 13.4. The minimum atomic E-state index is -2.06. The molecule has 0 spiro atoms. The van der Waals surface area contributed by atoms with Gasteiger partial charge in [0.15, 0.2) is 35.6 Å². The van der Waals surface area contributed by atoms with Crippen LogP contribution in [0.5, 0.6) is 23.0 Å². The summed E-state index contributed by atoms with van der Waals surface area (Å²) >= 11 is 6.91. The number of aliphatic hydroxyl groups is 4. The van der Waals surface area contributed by atoms with Gasteiger partial charge in [-0.25, -0.2) is 4.79 Å². The molecule has 15 nitrogen and oxygen atoms in total. The summed E-state index contributed by atoms with van der Waals surface area (Å²) in [5.41, 5.74) is -0.791. The zero-order chi connectivity index (χ0) is 39.3. The van der Waals surface area contributed by atoms with E-state index in [1.165, 1.54) is 27.2 Å². The summed E-state index contributed by atoms with van der Waals surface area (Å²) in [7, 11) is 2.69. The van der Waals surface area contributed by atoms with Crippen molar-refractivity contribution in [3.8, 4) is 23.0 Å². The lowest BCUT2D eigenvalue weighted by atomic mass is 9.86. The van der Waals surface area contributed by atoms with Gasteiger partial charge in [0.05, 0.1) is 43.6 Å². The topological polar surface area (TPSA) is 215 Å². The number of fused-ring (bicyclic) bond motifs is 4. The Kier molecular flexibility index (Phi) is 9.09. The second-order valence-corrected chi connectivity index (χ2v) is 14.9. The van der Waals surface area contributed by atoms with Crippen molar-refractivity contribution in [2.45, 2.75) is 87.5 Å². The maximum atomic E-state index is 13.4. The van der Waals surface area contributed by atoms with Gasteiger partial charge in [0.2, 0.25) is 12.0 Å². The molecule has 4 heterocycles. The third kappa shape index (κ3) is 5.67. The van der Waals surface area contributed by atoms with Gasteiger partial charge < -0.3 is 64.0 Å². The number of esters is 1. The Morgan fingerprint density at radius 1 is 1.02 bits per heavy atom. The molecule has 0 unspecified atom stereocenters. The molecule has 3 aromatic rings. The van der Waals surface area contributed by atoms with Crippen LogP contribution >= 0.6 is 11.6 Å². The van der Waals surface area contributed by atoms with Gasteiger partial charge in [-0.1, -0.05) is 41.9 Å². The number of nitrogens with one attached hydrogen (secondary N) is 1. The quantitative estimate of drug-likeness (QED) is 0.157. The molecule has 6 aliphatic rings. The molecule has 3 aromatic carbocycles. The number of hydrogen-bond donors (Lipinski definition) is 6. The monoisotopic (exact) mass is 781 g/mol. The van der Waals surface area contributed by atoms with Crippen molar-refractivity contribution in [2.75, 3.05) is 20.8 Å². The number of ether oxygens (including phenoxy) is 7. The van der Waals surface area contributed by atoms with E-state index in [-0.39, 0.29) is 52.2 Å². The summed E-state index contributed by atoms with van der Waals surface area (Å²) in [4.78, 5) is 26.5. The fraction of sp³-hybridized carbons (Fsp3) is 0.436. The van der Waals surface area contributed by atoms with E-state index in [2.05, 4.69) is 5.32 Å². The highest BCUT2D eigenvalue weighted by Gasteiger charge is 2.63. The van der Waals surface area contributed by atoms with Crippen molar-refractivity contribution in [1.29, 1.82) is 0 Å². The van der Waals surface area contributed by atoms with Gasteiger partial charge in [-0.3, -0.25) is 4.79 Å². The summed E-state index contributed by atoms with van der Waals surface area (Å²) in [6.45, 7) is 4.29. The van der Waals surface area contributed by atoms with Crippen molar-refractivity contribution in [3.63, 3.8) is 0 Å².